The molecule has 2 aromatic carbocycles. The third kappa shape index (κ3) is 4.64. The number of halogens is 2. The molecule has 3 aromatic rings. The molecule has 0 bridgehead atoms. The Kier molecular flexibility index (Phi) is 6.32. The minimum atomic E-state index is -0.253. The van der Waals surface area contributed by atoms with Crippen molar-refractivity contribution in [3.63, 3.8) is 0 Å². The lowest BCUT2D eigenvalue weighted by Crippen LogP contribution is -2.48. The molecule has 156 valence electrons. The summed E-state index contributed by atoms with van der Waals surface area (Å²) in [5.74, 6) is 0.210. The first-order valence-electron chi connectivity index (χ1n) is 9.59. The van der Waals surface area contributed by atoms with Gasteiger partial charge in [-0.25, -0.2) is 9.37 Å². The van der Waals surface area contributed by atoms with Gasteiger partial charge in [0.05, 0.1) is 24.9 Å². The van der Waals surface area contributed by atoms with Gasteiger partial charge in [-0.15, -0.1) is 11.3 Å². The van der Waals surface area contributed by atoms with Gasteiger partial charge in [-0.1, -0.05) is 11.6 Å². The van der Waals surface area contributed by atoms with Crippen LogP contribution in [0, 0.1) is 5.82 Å². The lowest BCUT2D eigenvalue weighted by molar-refractivity contribution is 0.0625. The van der Waals surface area contributed by atoms with E-state index in [4.69, 9.17) is 16.3 Å². The highest BCUT2D eigenvalue weighted by Gasteiger charge is 2.25. The Labute approximate surface area is 183 Å². The number of amides is 1. The summed E-state index contributed by atoms with van der Waals surface area (Å²) in [5, 5.41) is 3.51. The molecule has 0 N–H and O–H groups in total. The number of hydrogen-bond donors (Lipinski definition) is 0. The van der Waals surface area contributed by atoms with Crippen molar-refractivity contribution >= 4 is 28.8 Å². The molecular weight excluding hydrogens is 425 g/mol. The zero-order chi connectivity index (χ0) is 21.1. The van der Waals surface area contributed by atoms with Crippen molar-refractivity contribution in [3.05, 3.63) is 69.3 Å². The van der Waals surface area contributed by atoms with Crippen molar-refractivity contribution in [2.24, 2.45) is 0 Å². The summed E-state index contributed by atoms with van der Waals surface area (Å²) in [5.41, 5.74) is 2.25. The molecule has 1 saturated heterocycles. The number of benzene rings is 2. The van der Waals surface area contributed by atoms with E-state index in [9.17, 15) is 9.18 Å². The first-order chi connectivity index (χ1) is 14.5. The summed E-state index contributed by atoms with van der Waals surface area (Å²) in [6, 6.07) is 11.4. The van der Waals surface area contributed by atoms with E-state index in [0.717, 1.165) is 35.9 Å². The molecule has 1 aromatic heterocycles. The topological polar surface area (TPSA) is 45.7 Å². The number of carbonyl (C=O) groups is 1. The molecule has 0 atom stereocenters. The van der Waals surface area contributed by atoms with E-state index in [1.807, 2.05) is 10.3 Å². The molecule has 0 aliphatic carbocycles. The molecule has 0 radical (unpaired) electrons. The quantitative estimate of drug-likeness (QED) is 0.577. The van der Waals surface area contributed by atoms with Gasteiger partial charge < -0.3 is 9.64 Å². The maximum Gasteiger partial charge on any atom is 0.257 e. The monoisotopic (exact) mass is 445 g/mol. The van der Waals surface area contributed by atoms with E-state index in [1.165, 1.54) is 12.1 Å². The number of rotatable bonds is 5. The Bertz CT molecular complexity index is 1030. The lowest BCUT2D eigenvalue weighted by atomic mass is 10.1. The zero-order valence-electron chi connectivity index (χ0n) is 16.5. The fourth-order valence-corrected chi connectivity index (χ4v) is 4.47. The van der Waals surface area contributed by atoms with Crippen LogP contribution in [0.5, 0.6) is 5.75 Å². The molecule has 0 spiro atoms. The van der Waals surface area contributed by atoms with Gasteiger partial charge in [0, 0.05) is 42.1 Å². The summed E-state index contributed by atoms with van der Waals surface area (Å²) < 4.78 is 18.4. The summed E-state index contributed by atoms with van der Waals surface area (Å²) in [6.07, 6.45) is 0. The Hall–Kier alpha value is -2.48. The van der Waals surface area contributed by atoms with Crippen LogP contribution in [-0.2, 0) is 6.54 Å². The van der Waals surface area contributed by atoms with Crippen LogP contribution in [0.4, 0.5) is 4.39 Å². The average molecular weight is 446 g/mol. The number of aromatic nitrogens is 1. The van der Waals surface area contributed by atoms with E-state index in [-0.39, 0.29) is 11.7 Å². The highest BCUT2D eigenvalue weighted by atomic mass is 35.5. The van der Waals surface area contributed by atoms with E-state index in [0.29, 0.717) is 29.4 Å². The molecule has 1 aliphatic heterocycles. The number of thiazole rings is 1. The largest absolute Gasteiger partial charge is 0.496 e. The predicted octanol–water partition coefficient (Wildman–Crippen LogP) is 4.57. The molecule has 4 rings (SSSR count). The van der Waals surface area contributed by atoms with Gasteiger partial charge in [-0.2, -0.15) is 0 Å². The minimum absolute atomic E-state index is 0.0677. The van der Waals surface area contributed by atoms with E-state index in [2.05, 4.69) is 9.88 Å². The molecule has 5 nitrogen and oxygen atoms in total. The lowest BCUT2D eigenvalue weighted by Gasteiger charge is -2.34. The van der Waals surface area contributed by atoms with Gasteiger partial charge in [0.15, 0.2) is 0 Å². The molecule has 2 heterocycles. The first-order valence-corrected chi connectivity index (χ1v) is 10.8. The van der Waals surface area contributed by atoms with Crippen molar-refractivity contribution in [3.8, 4) is 17.0 Å². The fourth-order valence-electron chi connectivity index (χ4n) is 3.45. The van der Waals surface area contributed by atoms with Crippen molar-refractivity contribution in [2.45, 2.75) is 6.54 Å². The number of nitrogens with zero attached hydrogens (tertiary/aromatic N) is 3. The summed E-state index contributed by atoms with van der Waals surface area (Å²) >= 11 is 7.66. The molecule has 1 aliphatic rings. The third-order valence-electron chi connectivity index (χ3n) is 5.10. The molecule has 30 heavy (non-hydrogen) atoms. The summed E-state index contributed by atoms with van der Waals surface area (Å²) in [4.78, 5) is 21.7. The minimum Gasteiger partial charge on any atom is -0.496 e. The Morgan fingerprint density at radius 3 is 2.60 bits per heavy atom. The molecule has 0 saturated carbocycles. The van der Waals surface area contributed by atoms with Crippen LogP contribution >= 0.6 is 22.9 Å². The van der Waals surface area contributed by atoms with Crippen molar-refractivity contribution in [2.75, 3.05) is 33.3 Å². The van der Waals surface area contributed by atoms with Crippen LogP contribution in [0.3, 0.4) is 0 Å². The van der Waals surface area contributed by atoms with Gasteiger partial charge in [0.1, 0.15) is 16.6 Å². The van der Waals surface area contributed by atoms with Crippen molar-refractivity contribution in [1.29, 1.82) is 0 Å². The number of ether oxygens (including phenoxy) is 1. The maximum atomic E-state index is 13.1. The van der Waals surface area contributed by atoms with Gasteiger partial charge in [-0.05, 0) is 42.5 Å². The molecular formula is C22H21ClFN3O2S. The van der Waals surface area contributed by atoms with Crippen LogP contribution in [0.1, 0.15) is 15.4 Å². The van der Waals surface area contributed by atoms with Gasteiger partial charge in [0.2, 0.25) is 0 Å². The van der Waals surface area contributed by atoms with Crippen LogP contribution in [0.15, 0.2) is 47.8 Å². The van der Waals surface area contributed by atoms with E-state index >= 15 is 0 Å². The molecule has 8 heteroatoms. The Balaban J connectivity index is 1.36. The fraction of sp³-hybridized carbons (Fsp3) is 0.273. The SMILES string of the molecule is COc1ccc(Cl)cc1C(=O)N1CCN(Cc2nc(-c3ccc(F)cc3)cs2)CC1. The third-order valence-corrected chi connectivity index (χ3v) is 6.17. The maximum absolute atomic E-state index is 13.1. The second kappa shape index (κ2) is 9.12. The van der Waals surface area contributed by atoms with Gasteiger partial charge >= 0.3 is 0 Å². The number of carbonyl (C=O) groups excluding carboxylic acids is 1. The van der Waals surface area contributed by atoms with Crippen LogP contribution in [0.2, 0.25) is 5.02 Å². The van der Waals surface area contributed by atoms with Gasteiger partial charge in [-0.3, -0.25) is 9.69 Å². The highest BCUT2D eigenvalue weighted by Crippen LogP contribution is 2.26. The highest BCUT2D eigenvalue weighted by molar-refractivity contribution is 7.09. The Morgan fingerprint density at radius 1 is 1.17 bits per heavy atom. The normalized spacial score (nSPS) is 14.7. The first kappa shape index (κ1) is 20.8. The van der Waals surface area contributed by atoms with Crippen LogP contribution in [-0.4, -0.2) is 54.0 Å². The smallest absolute Gasteiger partial charge is 0.257 e. The predicted molar refractivity (Wildman–Crippen MR) is 117 cm³/mol. The standard InChI is InChI=1S/C22H21ClFN3O2S/c1-29-20-7-4-16(23)12-18(20)22(28)27-10-8-26(9-11-27)13-21-25-19(14-30-21)15-2-5-17(24)6-3-15/h2-7,12,14H,8-11,13H2,1H3. The van der Waals surface area contributed by atoms with Gasteiger partial charge in [0.25, 0.3) is 5.91 Å². The van der Waals surface area contributed by atoms with E-state index in [1.54, 1.807) is 48.8 Å². The second-order valence-corrected chi connectivity index (χ2v) is 8.43. The van der Waals surface area contributed by atoms with E-state index < -0.39 is 0 Å². The number of methoxy groups -OCH3 is 1. The average Bonchev–Trinajstić information content (AvgIpc) is 3.22. The van der Waals surface area contributed by atoms with Crippen LogP contribution < -0.4 is 4.74 Å². The summed E-state index contributed by atoms with van der Waals surface area (Å²) in [6.45, 7) is 3.52. The molecule has 0 unspecified atom stereocenters. The van der Waals surface area contributed by atoms with Crippen LogP contribution in [0.25, 0.3) is 11.3 Å². The molecule has 1 amide bonds. The second-order valence-electron chi connectivity index (χ2n) is 7.05. The zero-order valence-corrected chi connectivity index (χ0v) is 18.0. The number of hydrogen-bond acceptors (Lipinski definition) is 5. The Morgan fingerprint density at radius 2 is 1.90 bits per heavy atom. The number of piperazine rings is 1. The summed E-state index contributed by atoms with van der Waals surface area (Å²) in [7, 11) is 1.55. The van der Waals surface area contributed by atoms with Crippen molar-refractivity contribution in [1.82, 2.24) is 14.8 Å². The molecule has 1 fully saturated rings. The van der Waals surface area contributed by atoms with Crippen molar-refractivity contribution < 1.29 is 13.9 Å².